The smallest absolute Gasteiger partial charge is 0.0615 e. The highest BCUT2D eigenvalue weighted by molar-refractivity contribution is 4.98. The van der Waals surface area contributed by atoms with Gasteiger partial charge in [-0.25, -0.2) is 0 Å². The number of nitrogens with zero attached hydrogens (tertiary/aromatic N) is 1. The molecule has 0 aromatic carbocycles. The number of hydrogen-bond acceptors (Lipinski definition) is 4. The fraction of sp³-hybridized carbons (Fsp3) is 1.00. The molecule has 2 fully saturated rings. The number of methoxy groups -OCH3 is 1. The van der Waals surface area contributed by atoms with Crippen LogP contribution in [0, 0.1) is 5.92 Å². The van der Waals surface area contributed by atoms with Gasteiger partial charge < -0.3 is 15.2 Å². The van der Waals surface area contributed by atoms with Crippen LogP contribution in [-0.4, -0.2) is 62.0 Å². The monoisotopic (exact) mass is 270 g/mol. The quantitative estimate of drug-likeness (QED) is 0.662. The summed E-state index contributed by atoms with van der Waals surface area (Å²) in [6.07, 6.45) is 7.52. The first-order chi connectivity index (χ1) is 9.25. The van der Waals surface area contributed by atoms with E-state index in [0.29, 0.717) is 5.92 Å². The normalized spacial score (nSPS) is 31.3. The minimum absolute atomic E-state index is 0.0174. The van der Waals surface area contributed by atoms with Crippen LogP contribution >= 0.6 is 0 Å². The topological polar surface area (TPSA) is 44.7 Å². The number of aliphatic hydroxyl groups excluding tert-OH is 1. The van der Waals surface area contributed by atoms with Crippen molar-refractivity contribution >= 4 is 0 Å². The molecule has 2 aliphatic rings. The Bertz CT molecular complexity index is 265. The van der Waals surface area contributed by atoms with Crippen LogP contribution in [0.5, 0.6) is 0 Å². The molecule has 0 amide bonds. The molecule has 0 bridgehead atoms. The molecule has 2 unspecified atom stereocenters. The van der Waals surface area contributed by atoms with Gasteiger partial charge in [0, 0.05) is 25.2 Å². The van der Waals surface area contributed by atoms with Crippen molar-refractivity contribution in [3.63, 3.8) is 0 Å². The maximum atomic E-state index is 9.72. The highest BCUT2D eigenvalue weighted by Crippen LogP contribution is 2.38. The molecule has 0 aromatic heterocycles. The van der Waals surface area contributed by atoms with Gasteiger partial charge in [-0.2, -0.15) is 0 Å². The van der Waals surface area contributed by atoms with Crippen molar-refractivity contribution in [2.24, 2.45) is 5.92 Å². The molecule has 0 spiro atoms. The zero-order chi connectivity index (χ0) is 13.7. The van der Waals surface area contributed by atoms with E-state index >= 15 is 0 Å². The fourth-order valence-corrected chi connectivity index (χ4v) is 3.63. The van der Waals surface area contributed by atoms with Crippen LogP contribution in [0.3, 0.4) is 0 Å². The Morgan fingerprint density at radius 1 is 1.32 bits per heavy atom. The van der Waals surface area contributed by atoms with E-state index in [-0.39, 0.29) is 12.1 Å². The lowest BCUT2D eigenvalue weighted by molar-refractivity contribution is 0.106. The summed E-state index contributed by atoms with van der Waals surface area (Å²) >= 11 is 0. The zero-order valence-corrected chi connectivity index (χ0v) is 12.5. The highest BCUT2D eigenvalue weighted by Gasteiger charge is 2.41. The van der Waals surface area contributed by atoms with Crippen molar-refractivity contribution in [1.29, 1.82) is 0 Å². The molecule has 19 heavy (non-hydrogen) atoms. The molecule has 4 heteroatoms. The Morgan fingerprint density at radius 3 is 2.68 bits per heavy atom. The highest BCUT2D eigenvalue weighted by atomic mass is 16.5. The number of aliphatic hydroxyl groups is 1. The Balaban J connectivity index is 1.82. The molecule has 4 nitrogen and oxygen atoms in total. The van der Waals surface area contributed by atoms with Gasteiger partial charge in [-0.1, -0.05) is 6.42 Å². The van der Waals surface area contributed by atoms with Crippen molar-refractivity contribution in [1.82, 2.24) is 10.2 Å². The van der Waals surface area contributed by atoms with E-state index in [2.05, 4.69) is 10.2 Å². The summed E-state index contributed by atoms with van der Waals surface area (Å²) in [6, 6.07) is 0.801. The number of hydrogen-bond donors (Lipinski definition) is 2. The molecule has 112 valence electrons. The van der Waals surface area contributed by atoms with Crippen LogP contribution < -0.4 is 5.32 Å². The van der Waals surface area contributed by atoms with Crippen LogP contribution in [-0.2, 0) is 4.74 Å². The molecule has 0 aliphatic heterocycles. The molecule has 0 saturated heterocycles. The van der Waals surface area contributed by atoms with Gasteiger partial charge in [0.25, 0.3) is 0 Å². The molecular weight excluding hydrogens is 240 g/mol. The van der Waals surface area contributed by atoms with Gasteiger partial charge in [0.05, 0.1) is 13.2 Å². The summed E-state index contributed by atoms with van der Waals surface area (Å²) in [5.41, 5.74) is -0.0174. The van der Waals surface area contributed by atoms with Crippen molar-refractivity contribution in [2.75, 3.05) is 40.5 Å². The van der Waals surface area contributed by atoms with Gasteiger partial charge in [0.15, 0.2) is 0 Å². The first-order valence-corrected chi connectivity index (χ1v) is 7.78. The Hall–Kier alpha value is -0.160. The number of rotatable bonds is 9. The van der Waals surface area contributed by atoms with Crippen molar-refractivity contribution < 1.29 is 9.84 Å². The van der Waals surface area contributed by atoms with Gasteiger partial charge >= 0.3 is 0 Å². The van der Waals surface area contributed by atoms with Crippen LogP contribution in [0.15, 0.2) is 0 Å². The van der Waals surface area contributed by atoms with Gasteiger partial charge in [-0.15, -0.1) is 0 Å². The standard InChI is InChI=1S/C15H30N2O2/c1-16-15(12-18)8-3-4-13(15)7-9-17(10-11-19-2)14-5-6-14/h13-14,16,18H,3-12H2,1-2H3. The summed E-state index contributed by atoms with van der Waals surface area (Å²) in [5.74, 6) is 0.617. The third-order valence-corrected chi connectivity index (χ3v) is 5.15. The molecule has 2 atom stereocenters. The Morgan fingerprint density at radius 2 is 2.11 bits per heavy atom. The fourth-order valence-electron chi connectivity index (χ4n) is 3.63. The van der Waals surface area contributed by atoms with Crippen LogP contribution in [0.2, 0.25) is 0 Å². The molecule has 2 N–H and O–H groups in total. The van der Waals surface area contributed by atoms with Crippen LogP contribution in [0.4, 0.5) is 0 Å². The molecule has 2 aliphatic carbocycles. The largest absolute Gasteiger partial charge is 0.394 e. The second kappa shape index (κ2) is 7.02. The number of nitrogens with one attached hydrogen (secondary N) is 1. The lowest BCUT2D eigenvalue weighted by Gasteiger charge is -2.35. The second-order valence-electron chi connectivity index (χ2n) is 6.20. The maximum Gasteiger partial charge on any atom is 0.0615 e. The zero-order valence-electron chi connectivity index (χ0n) is 12.5. The number of ether oxygens (including phenoxy) is 1. The van der Waals surface area contributed by atoms with Crippen LogP contribution in [0.25, 0.3) is 0 Å². The van der Waals surface area contributed by atoms with Crippen molar-refractivity contribution in [3.05, 3.63) is 0 Å². The van der Waals surface area contributed by atoms with Gasteiger partial charge in [0.1, 0.15) is 0 Å². The van der Waals surface area contributed by atoms with E-state index in [9.17, 15) is 5.11 Å². The first-order valence-electron chi connectivity index (χ1n) is 7.78. The third-order valence-electron chi connectivity index (χ3n) is 5.15. The predicted octanol–water partition coefficient (Wildman–Crippen LogP) is 1.24. The maximum absolute atomic E-state index is 9.72. The van der Waals surface area contributed by atoms with E-state index in [0.717, 1.165) is 32.2 Å². The van der Waals surface area contributed by atoms with E-state index in [1.807, 2.05) is 7.05 Å². The van der Waals surface area contributed by atoms with E-state index in [1.54, 1.807) is 7.11 Å². The van der Waals surface area contributed by atoms with Crippen molar-refractivity contribution in [3.8, 4) is 0 Å². The Labute approximate surface area is 117 Å². The minimum Gasteiger partial charge on any atom is -0.394 e. The van der Waals surface area contributed by atoms with Gasteiger partial charge in [-0.05, 0) is 51.6 Å². The summed E-state index contributed by atoms with van der Waals surface area (Å²) in [5, 5.41) is 13.1. The van der Waals surface area contributed by atoms with Crippen LogP contribution in [0.1, 0.15) is 38.5 Å². The van der Waals surface area contributed by atoms with Gasteiger partial charge in [-0.3, -0.25) is 4.90 Å². The lowest BCUT2D eigenvalue weighted by Crippen LogP contribution is -2.50. The van der Waals surface area contributed by atoms with Crippen molar-refractivity contribution in [2.45, 2.75) is 50.1 Å². The third kappa shape index (κ3) is 3.69. The lowest BCUT2D eigenvalue weighted by atomic mass is 9.85. The Kier molecular flexibility index (Phi) is 5.63. The summed E-state index contributed by atoms with van der Waals surface area (Å²) in [6.45, 7) is 3.32. The SMILES string of the molecule is CNC1(CO)CCCC1CCN(CCOC)C1CC1. The average Bonchev–Trinajstić information content (AvgIpc) is 3.19. The molecular formula is C15H30N2O2. The average molecular weight is 270 g/mol. The second-order valence-corrected chi connectivity index (χ2v) is 6.20. The molecule has 2 saturated carbocycles. The first kappa shape index (κ1) is 15.2. The summed E-state index contributed by atoms with van der Waals surface area (Å²) in [7, 11) is 3.78. The van der Waals surface area contributed by atoms with Gasteiger partial charge in [0.2, 0.25) is 0 Å². The molecule has 0 aromatic rings. The summed E-state index contributed by atoms with van der Waals surface area (Å²) in [4.78, 5) is 2.58. The minimum atomic E-state index is -0.0174. The molecule has 0 heterocycles. The van der Waals surface area contributed by atoms with E-state index < -0.39 is 0 Å². The number of likely N-dealkylation sites (N-methyl/N-ethyl adjacent to an activating group) is 1. The molecule has 0 radical (unpaired) electrons. The predicted molar refractivity (Wildman–Crippen MR) is 77.3 cm³/mol. The van der Waals surface area contributed by atoms with E-state index in [4.69, 9.17) is 4.74 Å². The summed E-state index contributed by atoms with van der Waals surface area (Å²) < 4.78 is 5.21. The molecule has 2 rings (SSSR count). The van der Waals surface area contributed by atoms with E-state index in [1.165, 1.54) is 32.1 Å².